The Labute approximate surface area is 259 Å². The van der Waals surface area contributed by atoms with Crippen molar-refractivity contribution in [2.75, 3.05) is 48.3 Å². The van der Waals surface area contributed by atoms with Crippen LogP contribution < -0.4 is 20.9 Å². The largest absolute Gasteiger partial charge is 0.481 e. The molecule has 4 N–H and O–H groups in total. The number of nitrogens with one attached hydrogen (secondary N) is 3. The molecule has 3 heterocycles. The number of rotatable bonds is 9. The molecule has 2 unspecified atom stereocenters. The third-order valence-electron chi connectivity index (χ3n) is 7.52. The van der Waals surface area contributed by atoms with Crippen molar-refractivity contribution in [2.24, 2.45) is 0 Å². The summed E-state index contributed by atoms with van der Waals surface area (Å²) in [5, 5.41) is 18.4. The lowest BCUT2D eigenvalue weighted by atomic mass is 10.0. The Balaban J connectivity index is 1.35. The maximum Gasteiger partial charge on any atom is 0.323 e. The molecule has 13 heteroatoms. The standard InChI is InChI=1S/C31H33ClN6O6/c32-22-6-8-23(9-7-22)34-31(43)36-25-17-20(29(41)35-24(18-28(39)40)21-3-1-11-33-19-21)5-10-26(25)37-12-14-38(15-13-37)30(42)27-4-2-16-44-27/h1,3,5-11,17,19,24,27H,2,4,12-16,18H2,(H,35,41)(H,39,40)(H2,34,36,43). The normalized spacial score (nSPS) is 17.1. The summed E-state index contributed by atoms with van der Waals surface area (Å²) in [5.74, 6) is -1.59. The van der Waals surface area contributed by atoms with Crippen molar-refractivity contribution < 1.29 is 29.0 Å². The lowest BCUT2D eigenvalue weighted by molar-refractivity contribution is -0.141. The molecule has 0 saturated carbocycles. The third kappa shape index (κ3) is 7.82. The van der Waals surface area contributed by atoms with E-state index in [1.54, 1.807) is 65.7 Å². The summed E-state index contributed by atoms with van der Waals surface area (Å²) in [6.45, 7) is 2.60. The van der Waals surface area contributed by atoms with Gasteiger partial charge in [-0.15, -0.1) is 0 Å². The van der Waals surface area contributed by atoms with E-state index in [1.807, 2.05) is 4.90 Å². The molecule has 44 heavy (non-hydrogen) atoms. The minimum atomic E-state index is -1.08. The van der Waals surface area contributed by atoms with Crippen LogP contribution in [0.2, 0.25) is 5.02 Å². The number of pyridine rings is 1. The van der Waals surface area contributed by atoms with Crippen LogP contribution in [0.25, 0.3) is 0 Å². The molecule has 0 spiro atoms. The number of aromatic nitrogens is 1. The van der Waals surface area contributed by atoms with Gasteiger partial charge in [0.2, 0.25) is 0 Å². The lowest BCUT2D eigenvalue weighted by Gasteiger charge is -2.37. The van der Waals surface area contributed by atoms with Crippen molar-refractivity contribution in [3.63, 3.8) is 0 Å². The van der Waals surface area contributed by atoms with Gasteiger partial charge in [-0.3, -0.25) is 19.4 Å². The first-order valence-electron chi connectivity index (χ1n) is 14.3. The highest BCUT2D eigenvalue weighted by Gasteiger charge is 2.31. The fourth-order valence-electron chi connectivity index (χ4n) is 5.27. The van der Waals surface area contributed by atoms with Gasteiger partial charge in [-0.05, 0) is 66.9 Å². The van der Waals surface area contributed by atoms with Crippen LogP contribution in [0.4, 0.5) is 21.9 Å². The first kappa shape index (κ1) is 30.8. The van der Waals surface area contributed by atoms with Crippen molar-refractivity contribution in [1.29, 1.82) is 0 Å². The molecule has 0 bridgehead atoms. The predicted octanol–water partition coefficient (Wildman–Crippen LogP) is 4.15. The number of halogens is 1. The first-order valence-corrected chi connectivity index (χ1v) is 14.7. The predicted molar refractivity (Wildman–Crippen MR) is 165 cm³/mol. The summed E-state index contributed by atoms with van der Waals surface area (Å²) in [5.41, 5.74) is 2.35. The van der Waals surface area contributed by atoms with Crippen LogP contribution in [0.3, 0.4) is 0 Å². The van der Waals surface area contributed by atoms with Gasteiger partial charge in [0.05, 0.1) is 23.8 Å². The SMILES string of the molecule is O=C(O)CC(NC(=O)c1ccc(N2CCN(C(=O)C3CCCO3)CC2)c(NC(=O)Nc2ccc(Cl)cc2)c1)c1cccnc1. The molecule has 2 aromatic carbocycles. The number of hydrogen-bond donors (Lipinski definition) is 4. The van der Waals surface area contributed by atoms with Crippen LogP contribution in [0, 0.1) is 0 Å². The number of amides is 4. The minimum absolute atomic E-state index is 0.000564. The molecule has 2 saturated heterocycles. The molecular formula is C31H33ClN6O6. The van der Waals surface area contributed by atoms with Crippen molar-refractivity contribution in [3.05, 3.63) is 83.1 Å². The molecule has 5 rings (SSSR count). The number of nitrogens with zero attached hydrogens (tertiary/aromatic N) is 3. The molecule has 12 nitrogen and oxygen atoms in total. The van der Waals surface area contributed by atoms with Gasteiger partial charge >= 0.3 is 12.0 Å². The highest BCUT2D eigenvalue weighted by molar-refractivity contribution is 6.30. The van der Waals surface area contributed by atoms with Crippen molar-refractivity contribution >= 4 is 52.5 Å². The van der Waals surface area contributed by atoms with Gasteiger partial charge in [0.1, 0.15) is 6.10 Å². The van der Waals surface area contributed by atoms with E-state index in [4.69, 9.17) is 16.3 Å². The van der Waals surface area contributed by atoms with E-state index in [0.717, 1.165) is 12.8 Å². The zero-order valence-electron chi connectivity index (χ0n) is 23.9. The fraction of sp³-hybridized carbons (Fsp3) is 0.323. The topological polar surface area (TPSA) is 153 Å². The quantitative estimate of drug-likeness (QED) is 0.278. The number of aliphatic carboxylic acids is 1. The number of carbonyl (C=O) groups excluding carboxylic acids is 3. The minimum Gasteiger partial charge on any atom is -0.481 e. The summed E-state index contributed by atoms with van der Waals surface area (Å²) in [6.07, 6.45) is 3.96. The van der Waals surface area contributed by atoms with Crippen molar-refractivity contribution in [3.8, 4) is 0 Å². The average Bonchev–Trinajstić information content (AvgIpc) is 3.57. The van der Waals surface area contributed by atoms with E-state index in [2.05, 4.69) is 20.9 Å². The molecule has 2 atom stereocenters. The van der Waals surface area contributed by atoms with Gasteiger partial charge < -0.3 is 35.6 Å². The lowest BCUT2D eigenvalue weighted by Crippen LogP contribution is -2.51. The smallest absolute Gasteiger partial charge is 0.323 e. The Hall–Kier alpha value is -4.68. The van der Waals surface area contributed by atoms with Crippen LogP contribution >= 0.6 is 11.6 Å². The number of ether oxygens (including phenoxy) is 1. The van der Waals surface area contributed by atoms with Gasteiger partial charge in [-0.1, -0.05) is 17.7 Å². The maximum atomic E-state index is 13.4. The second kappa shape index (κ2) is 14.2. The molecule has 0 aliphatic carbocycles. The van der Waals surface area contributed by atoms with Crippen LogP contribution in [0.5, 0.6) is 0 Å². The summed E-state index contributed by atoms with van der Waals surface area (Å²) < 4.78 is 5.57. The number of carboxylic acid groups (broad SMARTS) is 1. The Bertz CT molecular complexity index is 1490. The monoisotopic (exact) mass is 620 g/mol. The number of carboxylic acids is 1. The van der Waals surface area contributed by atoms with Gasteiger partial charge in [0.15, 0.2) is 0 Å². The second-order valence-corrected chi connectivity index (χ2v) is 11.0. The van der Waals surface area contributed by atoms with Crippen LogP contribution in [0.15, 0.2) is 67.0 Å². The van der Waals surface area contributed by atoms with Gasteiger partial charge in [-0.2, -0.15) is 0 Å². The van der Waals surface area contributed by atoms with Crippen LogP contribution in [-0.4, -0.2) is 77.7 Å². The number of hydrogen-bond acceptors (Lipinski definition) is 7. The maximum absolute atomic E-state index is 13.4. The zero-order valence-corrected chi connectivity index (χ0v) is 24.6. The van der Waals surface area contributed by atoms with E-state index in [-0.39, 0.29) is 24.0 Å². The Morgan fingerprint density at radius 2 is 1.80 bits per heavy atom. The summed E-state index contributed by atoms with van der Waals surface area (Å²) >= 11 is 5.96. The summed E-state index contributed by atoms with van der Waals surface area (Å²) in [7, 11) is 0. The van der Waals surface area contributed by atoms with E-state index in [1.165, 1.54) is 6.20 Å². The molecule has 2 aliphatic rings. The number of anilines is 3. The number of carbonyl (C=O) groups is 4. The van der Waals surface area contributed by atoms with Crippen molar-refractivity contribution in [1.82, 2.24) is 15.2 Å². The first-order chi connectivity index (χ1) is 21.3. The highest BCUT2D eigenvalue weighted by atomic mass is 35.5. The van der Waals surface area contributed by atoms with Gasteiger partial charge in [0.25, 0.3) is 11.8 Å². The molecular weight excluding hydrogens is 588 g/mol. The van der Waals surface area contributed by atoms with Gasteiger partial charge in [-0.25, -0.2) is 4.79 Å². The van der Waals surface area contributed by atoms with E-state index < -0.39 is 23.9 Å². The number of piperazine rings is 1. The molecule has 2 aliphatic heterocycles. The molecule has 0 radical (unpaired) electrons. The molecule has 230 valence electrons. The van der Waals surface area contributed by atoms with E-state index >= 15 is 0 Å². The van der Waals surface area contributed by atoms with Gasteiger partial charge in [0, 0.05) is 61.5 Å². The second-order valence-electron chi connectivity index (χ2n) is 10.5. The number of urea groups is 1. The molecule has 3 aromatic rings. The average molecular weight is 621 g/mol. The zero-order chi connectivity index (χ0) is 31.1. The third-order valence-corrected chi connectivity index (χ3v) is 7.77. The summed E-state index contributed by atoms with van der Waals surface area (Å²) in [4.78, 5) is 58.7. The van der Waals surface area contributed by atoms with E-state index in [9.17, 15) is 24.3 Å². The van der Waals surface area contributed by atoms with Crippen LogP contribution in [-0.2, 0) is 14.3 Å². The summed E-state index contributed by atoms with van der Waals surface area (Å²) in [6, 6.07) is 13.6. The molecule has 4 amide bonds. The fourth-order valence-corrected chi connectivity index (χ4v) is 5.39. The highest BCUT2D eigenvalue weighted by Crippen LogP contribution is 2.30. The number of benzene rings is 2. The molecule has 2 fully saturated rings. The van der Waals surface area contributed by atoms with Crippen molar-refractivity contribution in [2.45, 2.75) is 31.4 Å². The van der Waals surface area contributed by atoms with Crippen LogP contribution in [0.1, 0.15) is 41.2 Å². The Morgan fingerprint density at radius 3 is 2.45 bits per heavy atom. The Morgan fingerprint density at radius 1 is 1.02 bits per heavy atom. The van der Waals surface area contributed by atoms with E-state index in [0.29, 0.717) is 60.4 Å². The Kier molecular flexibility index (Phi) is 9.93. The molecule has 1 aromatic heterocycles.